The zero-order valence-corrected chi connectivity index (χ0v) is 12.9. The molecule has 18 heavy (non-hydrogen) atoms. The number of benzene rings is 1. The van der Waals surface area contributed by atoms with Crippen LogP contribution in [0.2, 0.25) is 0 Å². The van der Waals surface area contributed by atoms with Crippen molar-refractivity contribution in [2.75, 3.05) is 11.9 Å². The minimum absolute atomic E-state index is 0.110. The van der Waals surface area contributed by atoms with Gasteiger partial charge in [0.05, 0.1) is 6.61 Å². The number of alkyl halides is 1. The van der Waals surface area contributed by atoms with Crippen LogP contribution in [0.4, 0.5) is 0 Å². The van der Waals surface area contributed by atoms with Crippen LogP contribution < -0.4 is 9.47 Å². The Morgan fingerprint density at radius 1 is 1.44 bits per heavy atom. The molecule has 1 aliphatic heterocycles. The maximum Gasteiger partial charge on any atom is 0.165 e. The van der Waals surface area contributed by atoms with Crippen LogP contribution in [0.15, 0.2) is 18.2 Å². The zero-order chi connectivity index (χ0) is 13.2. The van der Waals surface area contributed by atoms with Gasteiger partial charge in [0.25, 0.3) is 0 Å². The third kappa shape index (κ3) is 3.00. The van der Waals surface area contributed by atoms with Gasteiger partial charge in [-0.3, -0.25) is 0 Å². The first-order valence-electron chi connectivity index (χ1n) is 6.55. The van der Waals surface area contributed by atoms with E-state index in [2.05, 4.69) is 42.8 Å². The number of rotatable bonds is 5. The highest BCUT2D eigenvalue weighted by molar-refractivity contribution is 9.09. The molecule has 0 spiro atoms. The molecule has 3 heteroatoms. The highest BCUT2D eigenvalue weighted by Gasteiger charge is 2.32. The van der Waals surface area contributed by atoms with E-state index in [9.17, 15) is 0 Å². The SMILES string of the molecule is CCC(CBr)COc1cccc2c1OC(C)(C)C2. The average molecular weight is 313 g/mol. The minimum Gasteiger partial charge on any atom is -0.489 e. The van der Waals surface area contributed by atoms with Crippen molar-refractivity contribution in [3.8, 4) is 11.5 Å². The fourth-order valence-electron chi connectivity index (χ4n) is 2.18. The van der Waals surface area contributed by atoms with Crippen LogP contribution in [0, 0.1) is 5.92 Å². The highest BCUT2D eigenvalue weighted by atomic mass is 79.9. The number of fused-ring (bicyclic) bond motifs is 1. The van der Waals surface area contributed by atoms with Gasteiger partial charge < -0.3 is 9.47 Å². The number of hydrogen-bond acceptors (Lipinski definition) is 2. The van der Waals surface area contributed by atoms with Crippen LogP contribution in [0.3, 0.4) is 0 Å². The van der Waals surface area contributed by atoms with Crippen LogP contribution in [0.25, 0.3) is 0 Å². The van der Waals surface area contributed by atoms with Crippen molar-refractivity contribution in [1.82, 2.24) is 0 Å². The van der Waals surface area contributed by atoms with E-state index < -0.39 is 0 Å². The van der Waals surface area contributed by atoms with E-state index in [0.29, 0.717) is 5.92 Å². The van der Waals surface area contributed by atoms with Gasteiger partial charge in [-0.2, -0.15) is 0 Å². The first-order valence-corrected chi connectivity index (χ1v) is 7.67. The first kappa shape index (κ1) is 13.7. The van der Waals surface area contributed by atoms with Crippen molar-refractivity contribution >= 4 is 15.9 Å². The fraction of sp³-hybridized carbons (Fsp3) is 0.600. The molecular weight excluding hydrogens is 292 g/mol. The van der Waals surface area contributed by atoms with E-state index >= 15 is 0 Å². The molecule has 0 saturated heterocycles. The molecular formula is C15H21BrO2. The number of para-hydroxylation sites is 1. The highest BCUT2D eigenvalue weighted by Crippen LogP contribution is 2.41. The Balaban J connectivity index is 2.10. The van der Waals surface area contributed by atoms with Crippen molar-refractivity contribution in [3.63, 3.8) is 0 Å². The Morgan fingerprint density at radius 2 is 2.22 bits per heavy atom. The maximum absolute atomic E-state index is 5.99. The smallest absolute Gasteiger partial charge is 0.165 e. The Kier molecular flexibility index (Phi) is 4.21. The van der Waals surface area contributed by atoms with Gasteiger partial charge in [-0.25, -0.2) is 0 Å². The summed E-state index contributed by atoms with van der Waals surface area (Å²) in [5.74, 6) is 2.37. The van der Waals surface area contributed by atoms with Crippen molar-refractivity contribution in [1.29, 1.82) is 0 Å². The molecule has 1 unspecified atom stereocenters. The zero-order valence-electron chi connectivity index (χ0n) is 11.3. The lowest BCUT2D eigenvalue weighted by molar-refractivity contribution is 0.130. The normalized spacial score (nSPS) is 18.0. The average Bonchev–Trinajstić information content (AvgIpc) is 2.65. The second-order valence-corrected chi connectivity index (χ2v) is 6.17. The van der Waals surface area contributed by atoms with Gasteiger partial charge >= 0.3 is 0 Å². The standard InChI is InChI=1S/C15H21BrO2/c1-4-11(9-16)10-17-13-7-5-6-12-8-15(2,3)18-14(12)13/h5-7,11H,4,8-10H2,1-3H3. The second kappa shape index (κ2) is 5.52. The number of halogens is 1. The maximum atomic E-state index is 5.99. The van der Waals surface area contributed by atoms with Crippen molar-refractivity contribution in [2.45, 2.75) is 39.2 Å². The van der Waals surface area contributed by atoms with E-state index in [1.54, 1.807) is 0 Å². The molecule has 1 aromatic carbocycles. The molecule has 0 N–H and O–H groups in total. The molecule has 2 rings (SSSR count). The Morgan fingerprint density at radius 3 is 2.89 bits per heavy atom. The van der Waals surface area contributed by atoms with E-state index in [4.69, 9.17) is 9.47 Å². The summed E-state index contributed by atoms with van der Waals surface area (Å²) in [5, 5.41) is 0.977. The predicted octanol–water partition coefficient (Wildman–Crippen LogP) is 4.20. The van der Waals surface area contributed by atoms with Crippen LogP contribution in [0.1, 0.15) is 32.8 Å². The predicted molar refractivity (Wildman–Crippen MR) is 77.9 cm³/mol. The van der Waals surface area contributed by atoms with Gasteiger partial charge in [-0.05, 0) is 26.3 Å². The number of hydrogen-bond donors (Lipinski definition) is 0. The summed E-state index contributed by atoms with van der Waals surface area (Å²) in [7, 11) is 0. The third-order valence-electron chi connectivity index (χ3n) is 3.33. The van der Waals surface area contributed by atoms with Crippen molar-refractivity contribution in [2.24, 2.45) is 5.92 Å². The largest absolute Gasteiger partial charge is 0.489 e. The van der Waals surface area contributed by atoms with Crippen LogP contribution >= 0.6 is 15.9 Å². The van der Waals surface area contributed by atoms with E-state index in [1.165, 1.54) is 5.56 Å². The number of ether oxygens (including phenoxy) is 2. The molecule has 0 aliphatic carbocycles. The molecule has 1 aromatic rings. The van der Waals surface area contributed by atoms with E-state index in [0.717, 1.165) is 36.3 Å². The van der Waals surface area contributed by atoms with Gasteiger partial charge in [-0.15, -0.1) is 0 Å². The molecule has 1 heterocycles. The molecule has 0 bridgehead atoms. The summed E-state index contributed by atoms with van der Waals surface area (Å²) in [6.07, 6.45) is 2.07. The summed E-state index contributed by atoms with van der Waals surface area (Å²) in [6.45, 7) is 7.15. The lowest BCUT2D eigenvalue weighted by Gasteiger charge is -2.19. The Hall–Kier alpha value is -0.700. The van der Waals surface area contributed by atoms with Crippen molar-refractivity contribution < 1.29 is 9.47 Å². The van der Waals surface area contributed by atoms with Gasteiger partial charge in [-0.1, -0.05) is 35.0 Å². The third-order valence-corrected chi connectivity index (χ3v) is 4.24. The second-order valence-electron chi connectivity index (χ2n) is 5.52. The van der Waals surface area contributed by atoms with Gasteiger partial charge in [0.15, 0.2) is 11.5 Å². The monoisotopic (exact) mass is 312 g/mol. The molecule has 0 radical (unpaired) electrons. The first-order chi connectivity index (χ1) is 8.55. The Bertz CT molecular complexity index is 411. The lowest BCUT2D eigenvalue weighted by Crippen LogP contribution is -2.24. The van der Waals surface area contributed by atoms with Gasteiger partial charge in [0.1, 0.15) is 5.60 Å². The Labute approximate surface area is 118 Å². The topological polar surface area (TPSA) is 18.5 Å². The molecule has 1 aliphatic rings. The van der Waals surface area contributed by atoms with Gasteiger partial charge in [0.2, 0.25) is 0 Å². The van der Waals surface area contributed by atoms with Gasteiger partial charge in [0, 0.05) is 23.2 Å². The van der Waals surface area contributed by atoms with Crippen LogP contribution in [0.5, 0.6) is 11.5 Å². The molecule has 0 saturated carbocycles. The summed E-state index contributed by atoms with van der Waals surface area (Å²) >= 11 is 3.52. The molecule has 1 atom stereocenters. The van der Waals surface area contributed by atoms with Crippen LogP contribution in [-0.4, -0.2) is 17.5 Å². The summed E-state index contributed by atoms with van der Waals surface area (Å²) < 4.78 is 11.9. The summed E-state index contributed by atoms with van der Waals surface area (Å²) in [5.41, 5.74) is 1.14. The lowest BCUT2D eigenvalue weighted by atomic mass is 10.0. The molecule has 0 aromatic heterocycles. The molecule has 0 amide bonds. The van der Waals surface area contributed by atoms with Crippen LogP contribution in [-0.2, 0) is 6.42 Å². The van der Waals surface area contributed by atoms with E-state index in [-0.39, 0.29) is 5.60 Å². The molecule has 0 fully saturated rings. The molecule has 100 valence electrons. The van der Waals surface area contributed by atoms with E-state index in [1.807, 2.05) is 12.1 Å². The minimum atomic E-state index is -0.110. The molecule has 2 nitrogen and oxygen atoms in total. The van der Waals surface area contributed by atoms with Crippen molar-refractivity contribution in [3.05, 3.63) is 23.8 Å². The fourth-order valence-corrected chi connectivity index (χ4v) is 2.82. The summed E-state index contributed by atoms with van der Waals surface area (Å²) in [4.78, 5) is 0. The quantitative estimate of drug-likeness (QED) is 0.759. The summed E-state index contributed by atoms with van der Waals surface area (Å²) in [6, 6.07) is 6.17.